The number of carbonyl (C=O) groups excluding carboxylic acids is 2. The van der Waals surface area contributed by atoms with Gasteiger partial charge in [0.1, 0.15) is 12.2 Å². The lowest BCUT2D eigenvalue weighted by Gasteiger charge is -2.30. The minimum Gasteiger partial charge on any atom is -0.480 e. The van der Waals surface area contributed by atoms with Crippen molar-refractivity contribution in [2.45, 2.75) is 129 Å². The lowest BCUT2D eigenvalue weighted by Crippen LogP contribution is -2.42. The Balaban J connectivity index is 1.70. The van der Waals surface area contributed by atoms with Crippen molar-refractivity contribution >= 4 is 25.2 Å². The minimum absolute atomic E-state index is 0.167. The maximum atomic E-state index is 14.3. The molecule has 2 saturated carbocycles. The molecule has 2 aliphatic carbocycles. The van der Waals surface area contributed by atoms with E-state index in [1.165, 1.54) is 43.4 Å². The molecule has 39 heavy (non-hydrogen) atoms. The van der Waals surface area contributed by atoms with Crippen LogP contribution in [0.2, 0.25) is 0 Å². The number of rotatable bonds is 14. The predicted molar refractivity (Wildman–Crippen MR) is 152 cm³/mol. The van der Waals surface area contributed by atoms with E-state index in [0.29, 0.717) is 31.2 Å². The second-order valence-electron chi connectivity index (χ2n) is 12.6. The number of hydrogen-bond donors (Lipinski definition) is 1. The zero-order valence-corrected chi connectivity index (χ0v) is 25.4. The van der Waals surface area contributed by atoms with Crippen molar-refractivity contribution in [3.8, 4) is 0 Å². The lowest BCUT2D eigenvalue weighted by molar-refractivity contribution is -0.169. The normalized spacial score (nSPS) is 25.4. The molecule has 4 atom stereocenters. The van der Waals surface area contributed by atoms with Gasteiger partial charge in [0.15, 0.2) is 0 Å². The summed E-state index contributed by atoms with van der Waals surface area (Å²) in [5, 5.41) is 9.94. The van der Waals surface area contributed by atoms with Crippen molar-refractivity contribution in [1.82, 2.24) is 4.90 Å². The molecule has 1 saturated heterocycles. The van der Waals surface area contributed by atoms with Gasteiger partial charge in [0, 0.05) is 25.0 Å². The van der Waals surface area contributed by atoms with Crippen LogP contribution in [0.15, 0.2) is 0 Å². The van der Waals surface area contributed by atoms with E-state index in [2.05, 4.69) is 0 Å². The number of aliphatic carboxylic acids is 1. The number of ether oxygens (including phenoxy) is 1. The van der Waals surface area contributed by atoms with Gasteiger partial charge in [0.05, 0.1) is 0 Å². The molecule has 3 fully saturated rings. The van der Waals surface area contributed by atoms with Gasteiger partial charge in [-0.2, -0.15) is 0 Å². The number of nitrogens with zero attached hydrogens (tertiary/aromatic N) is 1. The number of hydrogen-bond acceptors (Lipinski definition) is 6. The molecule has 9 heteroatoms. The third-order valence-corrected chi connectivity index (χ3v) is 11.4. The van der Waals surface area contributed by atoms with Crippen LogP contribution in [0.25, 0.3) is 0 Å². The summed E-state index contributed by atoms with van der Waals surface area (Å²) in [5.41, 5.74) is 0. The Morgan fingerprint density at radius 2 is 1.59 bits per heavy atom. The molecule has 0 unspecified atom stereocenters. The molecule has 0 aromatic heterocycles. The molecule has 3 rings (SSSR count). The van der Waals surface area contributed by atoms with Crippen molar-refractivity contribution < 1.29 is 33.3 Å². The monoisotopic (exact) mass is 569 g/mol. The van der Waals surface area contributed by atoms with E-state index in [4.69, 9.17) is 9.26 Å². The van der Waals surface area contributed by atoms with Crippen molar-refractivity contribution in [2.75, 3.05) is 18.9 Å². The van der Waals surface area contributed by atoms with E-state index in [9.17, 15) is 24.1 Å². The Bertz CT molecular complexity index is 850. The Morgan fingerprint density at radius 3 is 2.18 bits per heavy atom. The highest BCUT2D eigenvalue weighted by Crippen LogP contribution is 2.51. The Hall–Kier alpha value is -1.40. The molecule has 1 N–H and O–H groups in total. The van der Waals surface area contributed by atoms with Gasteiger partial charge in [-0.05, 0) is 30.6 Å². The van der Waals surface area contributed by atoms with Crippen molar-refractivity contribution in [3.05, 3.63) is 0 Å². The topological polar surface area (TPSA) is 110 Å². The molecular formula is C30H52NO7P. The second-order valence-corrected chi connectivity index (χ2v) is 15.2. The summed E-state index contributed by atoms with van der Waals surface area (Å²) in [6.07, 6.45) is 14.3. The van der Waals surface area contributed by atoms with Gasteiger partial charge in [-0.1, -0.05) is 97.8 Å². The van der Waals surface area contributed by atoms with Crippen LogP contribution < -0.4 is 0 Å². The highest BCUT2D eigenvalue weighted by Gasteiger charge is 2.44. The first-order chi connectivity index (χ1) is 18.6. The summed E-state index contributed by atoms with van der Waals surface area (Å²) >= 11 is 0. The largest absolute Gasteiger partial charge is 0.480 e. The molecule has 224 valence electrons. The van der Waals surface area contributed by atoms with Crippen molar-refractivity contribution in [3.63, 3.8) is 0 Å². The van der Waals surface area contributed by atoms with E-state index >= 15 is 0 Å². The number of likely N-dealkylation sites (tertiary alicyclic amines) is 1. The van der Waals surface area contributed by atoms with Crippen molar-refractivity contribution in [2.24, 2.45) is 23.7 Å². The van der Waals surface area contributed by atoms with Crippen LogP contribution >= 0.6 is 7.37 Å². The molecule has 0 spiro atoms. The molecule has 1 heterocycles. The first kappa shape index (κ1) is 32.1. The van der Waals surface area contributed by atoms with Gasteiger partial charge in [0.25, 0.3) is 0 Å². The van der Waals surface area contributed by atoms with Crippen LogP contribution in [0.3, 0.4) is 0 Å². The van der Waals surface area contributed by atoms with Gasteiger partial charge < -0.3 is 14.7 Å². The zero-order valence-electron chi connectivity index (χ0n) is 24.5. The molecule has 0 aromatic rings. The summed E-state index contributed by atoms with van der Waals surface area (Å²) in [6, 6.07) is -0.886. The Labute approximate surface area is 235 Å². The maximum absolute atomic E-state index is 14.3. The summed E-state index contributed by atoms with van der Waals surface area (Å²) in [6.45, 7) is 5.76. The third kappa shape index (κ3) is 9.88. The minimum atomic E-state index is -3.54. The van der Waals surface area contributed by atoms with Crippen LogP contribution in [-0.2, 0) is 28.2 Å². The highest BCUT2D eigenvalue weighted by molar-refractivity contribution is 7.59. The Morgan fingerprint density at radius 1 is 0.949 bits per heavy atom. The van der Waals surface area contributed by atoms with Gasteiger partial charge in [0.2, 0.25) is 19.6 Å². The van der Waals surface area contributed by atoms with Crippen LogP contribution in [-0.4, -0.2) is 59.1 Å². The fourth-order valence-electron chi connectivity index (χ4n) is 6.73. The van der Waals surface area contributed by atoms with E-state index in [1.54, 1.807) is 6.92 Å². The fraction of sp³-hybridized carbons (Fsp3) is 0.900. The van der Waals surface area contributed by atoms with Crippen molar-refractivity contribution in [1.29, 1.82) is 0 Å². The summed E-state index contributed by atoms with van der Waals surface area (Å²) in [5.74, 6) is -0.764. The van der Waals surface area contributed by atoms with E-state index in [-0.39, 0.29) is 30.6 Å². The average molecular weight is 570 g/mol. The molecule has 8 nitrogen and oxygen atoms in total. The molecule has 1 aliphatic heterocycles. The van der Waals surface area contributed by atoms with E-state index < -0.39 is 37.5 Å². The molecule has 0 aromatic carbocycles. The molecule has 0 bridgehead atoms. The number of carbonyl (C=O) groups is 3. The third-order valence-electron chi connectivity index (χ3n) is 9.09. The quantitative estimate of drug-likeness (QED) is 0.105. The number of amides is 1. The van der Waals surface area contributed by atoms with Crippen LogP contribution in [0.4, 0.5) is 0 Å². The summed E-state index contributed by atoms with van der Waals surface area (Å²) < 4.78 is 25.8. The molecule has 1 amide bonds. The molecule has 3 aliphatic rings. The lowest BCUT2D eigenvalue weighted by atomic mass is 9.79. The SMILES string of the molecule is CCC(=O)O[C@@H](O[P@](=O)(CCCCC1CCCCC1)CC(=O)N1C[C@H](C2CCCCC2)C[C@H]1C(=O)O)C(C)C. The second kappa shape index (κ2) is 15.6. The van der Waals surface area contributed by atoms with Crippen LogP contribution in [0.1, 0.15) is 117 Å². The van der Waals surface area contributed by atoms with E-state index in [0.717, 1.165) is 38.5 Å². The van der Waals surface area contributed by atoms with Crippen LogP contribution in [0, 0.1) is 23.7 Å². The first-order valence-corrected chi connectivity index (χ1v) is 17.6. The van der Waals surface area contributed by atoms with Gasteiger partial charge >= 0.3 is 11.9 Å². The summed E-state index contributed by atoms with van der Waals surface area (Å²) in [4.78, 5) is 39.3. The Kier molecular flexibility index (Phi) is 12.8. The first-order valence-electron chi connectivity index (χ1n) is 15.6. The molecule has 0 radical (unpaired) electrons. The number of unbranched alkanes of at least 4 members (excludes halogenated alkanes) is 1. The standard InChI is InChI=1S/C30H52NO7P/c1-4-28(33)37-30(22(2)3)38-39(36,18-12-11-15-23-13-7-5-8-14-23)21-27(32)31-20-25(19-26(31)29(34)35)24-16-9-6-10-17-24/h22-26,30H,4-21H2,1-3H3,(H,34,35)/t25-,26+,30+,39-/m1/s1. The fourth-order valence-corrected chi connectivity index (χ4v) is 9.04. The zero-order chi connectivity index (χ0) is 28.4. The maximum Gasteiger partial charge on any atom is 0.326 e. The van der Waals surface area contributed by atoms with Gasteiger partial charge in [-0.15, -0.1) is 0 Å². The number of carboxylic acids is 1. The predicted octanol–water partition coefficient (Wildman–Crippen LogP) is 6.85. The highest BCUT2D eigenvalue weighted by atomic mass is 31.2. The van der Waals surface area contributed by atoms with E-state index in [1.807, 2.05) is 13.8 Å². The van der Waals surface area contributed by atoms with Crippen LogP contribution in [0.5, 0.6) is 0 Å². The molecular weight excluding hydrogens is 517 g/mol. The number of esters is 1. The summed E-state index contributed by atoms with van der Waals surface area (Å²) in [7, 11) is -3.54. The van der Waals surface area contributed by atoms with Gasteiger partial charge in [-0.25, -0.2) is 4.79 Å². The smallest absolute Gasteiger partial charge is 0.326 e. The van der Waals surface area contributed by atoms with Gasteiger partial charge in [-0.3, -0.25) is 18.7 Å². The number of carboxylic acid groups (broad SMARTS) is 1. The average Bonchev–Trinajstić information content (AvgIpc) is 3.38.